The number of benzene rings is 1. The molecule has 1 amide bonds. The van der Waals surface area contributed by atoms with Crippen molar-refractivity contribution >= 4 is 17.7 Å². The van der Waals surface area contributed by atoms with E-state index in [2.05, 4.69) is 5.43 Å². The number of carbonyl (C=O) groups excluding carboxylic acids is 1. The first-order chi connectivity index (χ1) is 8.26. The molecule has 1 rings (SSSR count). The van der Waals surface area contributed by atoms with Gasteiger partial charge in [-0.2, -0.15) is 0 Å². The molecule has 0 unspecified atom stereocenters. The highest BCUT2D eigenvalue weighted by atomic mass is 32.2. The van der Waals surface area contributed by atoms with Gasteiger partial charge in [-0.3, -0.25) is 10.2 Å². The fourth-order valence-corrected chi connectivity index (χ4v) is 2.25. The first kappa shape index (κ1) is 14.0. The van der Waals surface area contributed by atoms with Crippen molar-refractivity contribution < 1.29 is 9.90 Å². The van der Waals surface area contributed by atoms with Gasteiger partial charge in [0.1, 0.15) is 0 Å². The van der Waals surface area contributed by atoms with Crippen LogP contribution in [0.5, 0.6) is 0 Å². The molecule has 0 aromatic heterocycles. The molecule has 0 radical (unpaired) electrons. The molecule has 0 aliphatic rings. The quantitative estimate of drug-likeness (QED) is 0.226. The van der Waals surface area contributed by atoms with Crippen molar-refractivity contribution in [2.45, 2.75) is 30.8 Å². The van der Waals surface area contributed by atoms with E-state index in [1.165, 1.54) is 4.90 Å². The zero-order valence-electron chi connectivity index (χ0n) is 9.69. The van der Waals surface area contributed by atoms with Gasteiger partial charge in [-0.1, -0.05) is 12.1 Å². The van der Waals surface area contributed by atoms with Crippen LogP contribution < -0.4 is 11.3 Å². The van der Waals surface area contributed by atoms with Crippen LogP contribution in [0.2, 0.25) is 0 Å². The molecular formula is C12H18N2O2S. The number of hydrogen-bond donors (Lipinski definition) is 3. The fraction of sp³-hybridized carbons (Fsp3) is 0.417. The standard InChI is InChI=1S/C12H18N2O2S/c13-14-12(16)3-1-2-8-17-11-6-4-10(9-15)5-7-11/h4-7,15H,1-3,8-9,13H2,(H,14,16). The third-order valence-electron chi connectivity index (χ3n) is 2.33. The molecule has 0 saturated carbocycles. The topological polar surface area (TPSA) is 75.3 Å². The molecule has 0 spiro atoms. The van der Waals surface area contributed by atoms with Gasteiger partial charge in [0.25, 0.3) is 0 Å². The van der Waals surface area contributed by atoms with Gasteiger partial charge in [0.05, 0.1) is 6.61 Å². The number of nitrogens with one attached hydrogen (secondary N) is 1. The molecule has 0 fully saturated rings. The van der Waals surface area contributed by atoms with Crippen LogP contribution in [-0.2, 0) is 11.4 Å². The average molecular weight is 254 g/mol. The van der Waals surface area contributed by atoms with E-state index in [1.807, 2.05) is 24.3 Å². The van der Waals surface area contributed by atoms with Crippen LogP contribution in [0.1, 0.15) is 24.8 Å². The summed E-state index contributed by atoms with van der Waals surface area (Å²) >= 11 is 1.75. The Morgan fingerprint density at radius 3 is 2.59 bits per heavy atom. The number of aliphatic hydroxyl groups is 1. The highest BCUT2D eigenvalue weighted by Crippen LogP contribution is 2.20. The van der Waals surface area contributed by atoms with Gasteiger partial charge < -0.3 is 5.11 Å². The van der Waals surface area contributed by atoms with Crippen molar-refractivity contribution in [3.63, 3.8) is 0 Å². The van der Waals surface area contributed by atoms with Crippen molar-refractivity contribution in [1.82, 2.24) is 5.43 Å². The maximum absolute atomic E-state index is 10.8. The molecule has 0 bridgehead atoms. The number of aliphatic hydroxyl groups excluding tert-OH is 1. The van der Waals surface area contributed by atoms with Crippen molar-refractivity contribution in [3.05, 3.63) is 29.8 Å². The van der Waals surface area contributed by atoms with E-state index >= 15 is 0 Å². The first-order valence-electron chi connectivity index (χ1n) is 5.58. The minimum atomic E-state index is -0.109. The Morgan fingerprint density at radius 1 is 1.29 bits per heavy atom. The van der Waals surface area contributed by atoms with Gasteiger partial charge in [-0.25, -0.2) is 5.84 Å². The third-order valence-corrected chi connectivity index (χ3v) is 3.43. The Morgan fingerprint density at radius 2 is 2.00 bits per heavy atom. The van der Waals surface area contributed by atoms with Crippen LogP contribution in [0.15, 0.2) is 29.2 Å². The Kier molecular flexibility index (Phi) is 6.69. The summed E-state index contributed by atoms with van der Waals surface area (Å²) in [7, 11) is 0. The van der Waals surface area contributed by atoms with Gasteiger partial charge in [0, 0.05) is 11.3 Å². The maximum atomic E-state index is 10.8. The molecule has 1 aromatic rings. The number of hydrazine groups is 1. The van der Waals surface area contributed by atoms with Gasteiger partial charge >= 0.3 is 0 Å². The van der Waals surface area contributed by atoms with Gasteiger partial charge in [-0.05, 0) is 36.3 Å². The number of hydrogen-bond acceptors (Lipinski definition) is 4. The fourth-order valence-electron chi connectivity index (χ4n) is 1.34. The van der Waals surface area contributed by atoms with Gasteiger partial charge in [0.15, 0.2) is 0 Å². The number of thioether (sulfide) groups is 1. The minimum absolute atomic E-state index is 0.0825. The summed E-state index contributed by atoms with van der Waals surface area (Å²) in [5, 5.41) is 8.90. The smallest absolute Gasteiger partial charge is 0.233 e. The summed E-state index contributed by atoms with van der Waals surface area (Å²) in [5.41, 5.74) is 3.04. The van der Waals surface area contributed by atoms with Gasteiger partial charge in [-0.15, -0.1) is 11.8 Å². The second kappa shape index (κ2) is 8.11. The summed E-state index contributed by atoms with van der Waals surface area (Å²) in [6.45, 7) is 0.0825. The molecule has 0 saturated heterocycles. The van der Waals surface area contributed by atoms with E-state index in [9.17, 15) is 4.79 Å². The Labute approximate surface area is 106 Å². The SMILES string of the molecule is NNC(=O)CCCCSc1ccc(CO)cc1. The number of rotatable bonds is 7. The lowest BCUT2D eigenvalue weighted by Crippen LogP contribution is -2.29. The van der Waals surface area contributed by atoms with Crippen molar-refractivity contribution in [1.29, 1.82) is 0 Å². The Hall–Kier alpha value is -1.04. The molecule has 0 heterocycles. The maximum Gasteiger partial charge on any atom is 0.233 e. The van der Waals surface area contributed by atoms with E-state index in [-0.39, 0.29) is 12.5 Å². The number of unbranched alkanes of at least 4 members (excludes halogenated alkanes) is 1. The lowest BCUT2D eigenvalue weighted by molar-refractivity contribution is -0.121. The number of carbonyl (C=O) groups is 1. The van der Waals surface area contributed by atoms with Crippen molar-refractivity contribution in [2.75, 3.05) is 5.75 Å². The van der Waals surface area contributed by atoms with E-state index in [0.29, 0.717) is 6.42 Å². The Balaban J connectivity index is 2.15. The van der Waals surface area contributed by atoms with E-state index in [1.54, 1.807) is 11.8 Å². The van der Waals surface area contributed by atoms with Crippen LogP contribution in [0.4, 0.5) is 0 Å². The van der Waals surface area contributed by atoms with E-state index in [4.69, 9.17) is 10.9 Å². The predicted molar refractivity (Wildman–Crippen MR) is 69.3 cm³/mol. The summed E-state index contributed by atoms with van der Waals surface area (Å²) < 4.78 is 0. The lowest BCUT2D eigenvalue weighted by atomic mass is 10.2. The summed E-state index contributed by atoms with van der Waals surface area (Å²) in [6, 6.07) is 7.85. The van der Waals surface area contributed by atoms with Gasteiger partial charge in [0.2, 0.25) is 5.91 Å². The summed E-state index contributed by atoms with van der Waals surface area (Å²) in [5.74, 6) is 5.85. The van der Waals surface area contributed by atoms with E-state index < -0.39 is 0 Å². The zero-order valence-corrected chi connectivity index (χ0v) is 10.5. The number of amides is 1. The van der Waals surface area contributed by atoms with Crippen LogP contribution in [-0.4, -0.2) is 16.8 Å². The third kappa shape index (κ3) is 5.72. The molecule has 4 N–H and O–H groups in total. The molecule has 4 nitrogen and oxygen atoms in total. The zero-order chi connectivity index (χ0) is 12.5. The first-order valence-corrected chi connectivity index (χ1v) is 6.57. The molecule has 5 heteroatoms. The van der Waals surface area contributed by atoms with Crippen LogP contribution in [0.25, 0.3) is 0 Å². The van der Waals surface area contributed by atoms with Crippen LogP contribution >= 0.6 is 11.8 Å². The molecule has 1 aromatic carbocycles. The second-order valence-corrected chi connectivity index (χ2v) is 4.84. The van der Waals surface area contributed by atoms with Crippen LogP contribution in [0.3, 0.4) is 0 Å². The van der Waals surface area contributed by atoms with Crippen LogP contribution in [0, 0.1) is 0 Å². The normalized spacial score (nSPS) is 10.2. The Bertz CT molecular complexity index is 341. The minimum Gasteiger partial charge on any atom is -0.392 e. The summed E-state index contributed by atoms with van der Waals surface area (Å²) in [6.07, 6.45) is 2.32. The molecule has 0 atom stereocenters. The summed E-state index contributed by atoms with van der Waals surface area (Å²) in [4.78, 5) is 12.0. The van der Waals surface area contributed by atoms with Crippen molar-refractivity contribution in [2.24, 2.45) is 5.84 Å². The van der Waals surface area contributed by atoms with Crippen molar-refractivity contribution in [3.8, 4) is 0 Å². The average Bonchev–Trinajstić information content (AvgIpc) is 2.38. The monoisotopic (exact) mass is 254 g/mol. The lowest BCUT2D eigenvalue weighted by Gasteiger charge is -2.03. The molecule has 17 heavy (non-hydrogen) atoms. The number of nitrogens with two attached hydrogens (primary N) is 1. The van der Waals surface area contributed by atoms with E-state index in [0.717, 1.165) is 24.2 Å². The predicted octanol–water partition coefficient (Wildman–Crippen LogP) is 1.43. The molecule has 94 valence electrons. The second-order valence-electron chi connectivity index (χ2n) is 3.68. The highest BCUT2D eigenvalue weighted by Gasteiger charge is 1.99. The largest absolute Gasteiger partial charge is 0.392 e. The molecule has 0 aliphatic heterocycles. The molecular weight excluding hydrogens is 236 g/mol. The molecule has 0 aliphatic carbocycles. The highest BCUT2D eigenvalue weighted by molar-refractivity contribution is 7.99.